The van der Waals surface area contributed by atoms with Crippen molar-refractivity contribution in [2.75, 3.05) is 6.61 Å². The highest BCUT2D eigenvalue weighted by Gasteiger charge is 2.37. The van der Waals surface area contributed by atoms with Crippen molar-refractivity contribution in [3.63, 3.8) is 0 Å². The van der Waals surface area contributed by atoms with E-state index in [9.17, 15) is 9.90 Å². The Labute approximate surface area is 80.7 Å². The van der Waals surface area contributed by atoms with Crippen molar-refractivity contribution in [1.82, 2.24) is 0 Å². The Morgan fingerprint density at radius 3 is 2.57 bits per heavy atom. The van der Waals surface area contributed by atoms with Gasteiger partial charge in [-0.3, -0.25) is 4.79 Å². The van der Waals surface area contributed by atoms with E-state index in [4.69, 9.17) is 20.1 Å². The number of hydrogen-bond donors (Lipinski definition) is 4. The van der Waals surface area contributed by atoms with Crippen LogP contribution in [-0.2, 0) is 9.53 Å². The Balaban J connectivity index is 2.63. The van der Waals surface area contributed by atoms with Crippen LogP contribution >= 0.6 is 0 Å². The summed E-state index contributed by atoms with van der Waals surface area (Å²) in [4.78, 5) is 10.4. The van der Waals surface area contributed by atoms with Gasteiger partial charge < -0.3 is 25.2 Å². The zero-order valence-corrected chi connectivity index (χ0v) is 7.54. The van der Waals surface area contributed by atoms with Crippen LogP contribution in [0, 0.1) is 5.92 Å². The van der Waals surface area contributed by atoms with Crippen molar-refractivity contribution in [3.8, 4) is 0 Å². The van der Waals surface area contributed by atoms with Crippen LogP contribution in [0.4, 0.5) is 0 Å². The lowest BCUT2D eigenvalue weighted by molar-refractivity contribution is -0.224. The number of carboxylic acid groups (broad SMARTS) is 1. The Kier molecular flexibility index (Phi) is 3.82. The molecule has 1 rings (SSSR count). The summed E-state index contributed by atoms with van der Waals surface area (Å²) in [6.07, 6.45) is -3.20. The van der Waals surface area contributed by atoms with Gasteiger partial charge in [0.1, 0.15) is 0 Å². The molecular weight excluding hydrogens is 192 g/mol. The SMILES string of the molecule is O=C(O)C[C@H]1[C@H](O)CC(O)O[C@@H]1CO. The molecule has 0 bridgehead atoms. The molecule has 0 aromatic heterocycles. The Morgan fingerprint density at radius 1 is 1.43 bits per heavy atom. The van der Waals surface area contributed by atoms with Crippen LogP contribution in [0.1, 0.15) is 12.8 Å². The van der Waals surface area contributed by atoms with Gasteiger partial charge in [0.15, 0.2) is 6.29 Å². The van der Waals surface area contributed by atoms with Crippen LogP contribution in [0.5, 0.6) is 0 Å². The number of ether oxygens (including phenoxy) is 1. The molecule has 82 valence electrons. The number of carboxylic acids is 1. The van der Waals surface area contributed by atoms with Crippen molar-refractivity contribution in [3.05, 3.63) is 0 Å². The molecule has 14 heavy (non-hydrogen) atoms. The monoisotopic (exact) mass is 206 g/mol. The Morgan fingerprint density at radius 2 is 2.07 bits per heavy atom. The molecule has 0 spiro atoms. The van der Waals surface area contributed by atoms with Gasteiger partial charge in [-0.15, -0.1) is 0 Å². The molecule has 0 amide bonds. The smallest absolute Gasteiger partial charge is 0.303 e. The molecule has 0 radical (unpaired) electrons. The van der Waals surface area contributed by atoms with Gasteiger partial charge in [-0.1, -0.05) is 0 Å². The third kappa shape index (κ3) is 2.65. The standard InChI is InChI=1S/C8H14O6/c9-3-6-4(1-7(11)12)5(10)2-8(13)14-6/h4-6,8-10,13H,1-3H2,(H,11,12)/t4-,5+,6+,8?/m0/s1. The fourth-order valence-corrected chi connectivity index (χ4v) is 1.63. The molecule has 0 aromatic carbocycles. The fraction of sp³-hybridized carbons (Fsp3) is 0.875. The highest BCUT2D eigenvalue weighted by atomic mass is 16.6. The van der Waals surface area contributed by atoms with Crippen molar-refractivity contribution in [1.29, 1.82) is 0 Å². The van der Waals surface area contributed by atoms with E-state index in [0.717, 1.165) is 0 Å². The average Bonchev–Trinajstić information content (AvgIpc) is 2.08. The molecule has 6 nitrogen and oxygen atoms in total. The minimum atomic E-state index is -1.13. The van der Waals surface area contributed by atoms with Gasteiger partial charge in [-0.2, -0.15) is 0 Å². The van der Waals surface area contributed by atoms with E-state index in [1.54, 1.807) is 0 Å². The average molecular weight is 206 g/mol. The van der Waals surface area contributed by atoms with Gasteiger partial charge in [-0.05, 0) is 0 Å². The second-order valence-corrected chi connectivity index (χ2v) is 3.38. The molecule has 1 saturated heterocycles. The van der Waals surface area contributed by atoms with Gasteiger partial charge in [-0.25, -0.2) is 0 Å². The largest absolute Gasteiger partial charge is 0.481 e. The summed E-state index contributed by atoms with van der Waals surface area (Å²) in [6.45, 7) is -0.411. The first kappa shape index (κ1) is 11.4. The van der Waals surface area contributed by atoms with Crippen molar-refractivity contribution in [2.45, 2.75) is 31.3 Å². The summed E-state index contributed by atoms with van der Waals surface area (Å²) in [5.41, 5.74) is 0. The molecule has 0 aliphatic carbocycles. The molecule has 4 N–H and O–H groups in total. The molecular formula is C8H14O6. The summed E-state index contributed by atoms with van der Waals surface area (Å²) in [7, 11) is 0. The minimum absolute atomic E-state index is 0.0194. The molecule has 6 heteroatoms. The summed E-state index contributed by atoms with van der Waals surface area (Å²) < 4.78 is 4.90. The van der Waals surface area contributed by atoms with E-state index >= 15 is 0 Å². The van der Waals surface area contributed by atoms with E-state index in [1.807, 2.05) is 0 Å². The normalized spacial score (nSPS) is 38.2. The summed E-state index contributed by atoms with van der Waals surface area (Å²) >= 11 is 0. The maximum absolute atomic E-state index is 10.4. The lowest BCUT2D eigenvalue weighted by Gasteiger charge is -2.36. The first-order valence-corrected chi connectivity index (χ1v) is 4.38. The zero-order valence-electron chi connectivity index (χ0n) is 7.54. The number of aliphatic hydroxyl groups is 3. The van der Waals surface area contributed by atoms with E-state index < -0.39 is 37.0 Å². The van der Waals surface area contributed by atoms with E-state index in [0.29, 0.717) is 0 Å². The van der Waals surface area contributed by atoms with Gasteiger partial charge >= 0.3 is 5.97 Å². The summed E-state index contributed by atoms with van der Waals surface area (Å²) in [5.74, 6) is -1.73. The van der Waals surface area contributed by atoms with Crippen LogP contribution < -0.4 is 0 Å². The van der Waals surface area contributed by atoms with Crippen LogP contribution in [0.15, 0.2) is 0 Å². The maximum Gasteiger partial charge on any atom is 0.303 e. The molecule has 4 atom stereocenters. The quantitative estimate of drug-likeness (QED) is 0.449. The number of aliphatic hydroxyl groups excluding tert-OH is 3. The highest BCUT2D eigenvalue weighted by molar-refractivity contribution is 5.67. The van der Waals surface area contributed by atoms with Crippen molar-refractivity contribution in [2.24, 2.45) is 5.92 Å². The lowest BCUT2D eigenvalue weighted by Crippen LogP contribution is -2.46. The molecule has 1 aliphatic heterocycles. The van der Waals surface area contributed by atoms with Crippen LogP contribution in [-0.4, -0.2) is 51.5 Å². The van der Waals surface area contributed by atoms with Gasteiger partial charge in [0, 0.05) is 12.3 Å². The predicted molar refractivity (Wildman–Crippen MR) is 44.3 cm³/mol. The second kappa shape index (κ2) is 4.70. The van der Waals surface area contributed by atoms with Crippen molar-refractivity contribution >= 4 is 5.97 Å². The third-order valence-corrected chi connectivity index (χ3v) is 2.34. The third-order valence-electron chi connectivity index (χ3n) is 2.34. The molecule has 1 fully saturated rings. The Bertz CT molecular complexity index is 206. The number of rotatable bonds is 3. The van der Waals surface area contributed by atoms with Crippen LogP contribution in [0.2, 0.25) is 0 Å². The first-order valence-electron chi connectivity index (χ1n) is 4.38. The predicted octanol–water partition coefficient (Wildman–Crippen LogP) is -1.46. The summed E-state index contributed by atoms with van der Waals surface area (Å²) in [5, 5.41) is 36.0. The lowest BCUT2D eigenvalue weighted by atomic mass is 9.88. The summed E-state index contributed by atoms with van der Waals surface area (Å²) in [6, 6.07) is 0. The number of carbonyl (C=O) groups is 1. The van der Waals surface area contributed by atoms with Gasteiger partial charge in [0.25, 0.3) is 0 Å². The van der Waals surface area contributed by atoms with Crippen molar-refractivity contribution < 1.29 is 30.0 Å². The number of aliphatic carboxylic acids is 1. The maximum atomic E-state index is 10.4. The van der Waals surface area contributed by atoms with E-state index in [1.165, 1.54) is 0 Å². The van der Waals surface area contributed by atoms with E-state index in [2.05, 4.69) is 0 Å². The van der Waals surface area contributed by atoms with Crippen LogP contribution in [0.25, 0.3) is 0 Å². The molecule has 1 aliphatic rings. The fourth-order valence-electron chi connectivity index (χ4n) is 1.63. The minimum Gasteiger partial charge on any atom is -0.481 e. The highest BCUT2D eigenvalue weighted by Crippen LogP contribution is 2.27. The first-order chi connectivity index (χ1) is 6.54. The topological polar surface area (TPSA) is 107 Å². The Hall–Kier alpha value is -0.690. The second-order valence-electron chi connectivity index (χ2n) is 3.38. The molecule has 1 heterocycles. The van der Waals surface area contributed by atoms with E-state index in [-0.39, 0.29) is 12.8 Å². The molecule has 0 saturated carbocycles. The molecule has 1 unspecified atom stereocenters. The molecule has 0 aromatic rings. The zero-order chi connectivity index (χ0) is 10.7. The van der Waals surface area contributed by atoms with Crippen LogP contribution in [0.3, 0.4) is 0 Å². The van der Waals surface area contributed by atoms with Gasteiger partial charge in [0.2, 0.25) is 0 Å². The van der Waals surface area contributed by atoms with Gasteiger partial charge in [0.05, 0.1) is 25.2 Å². The number of hydrogen-bond acceptors (Lipinski definition) is 5.